The number of nitrogens with one attached hydrogen (secondary N) is 1. The molecule has 2 aliphatic rings. The fourth-order valence-electron chi connectivity index (χ4n) is 4.52. The number of benzene rings is 2. The monoisotopic (exact) mass is 390 g/mol. The van der Waals surface area contributed by atoms with Crippen LogP contribution in [0.1, 0.15) is 45.2 Å². The van der Waals surface area contributed by atoms with E-state index in [0.29, 0.717) is 17.7 Å². The van der Waals surface area contributed by atoms with Crippen LogP contribution in [0.15, 0.2) is 59.8 Å². The van der Waals surface area contributed by atoms with E-state index in [0.717, 1.165) is 29.1 Å². The minimum atomic E-state index is -0.543. The second kappa shape index (κ2) is 7.07. The van der Waals surface area contributed by atoms with Gasteiger partial charge in [0, 0.05) is 30.2 Å². The lowest BCUT2D eigenvalue weighted by molar-refractivity contribution is -0.118. The number of fused-ring (bicyclic) bond motifs is 1. The van der Waals surface area contributed by atoms with Gasteiger partial charge in [0.2, 0.25) is 5.91 Å². The number of amides is 1. The molecule has 1 aliphatic heterocycles. The molecule has 0 fully saturated rings. The molecule has 0 radical (unpaired) electrons. The predicted molar refractivity (Wildman–Crippen MR) is 114 cm³/mol. The molecule has 1 amide bonds. The first-order valence-electron chi connectivity index (χ1n) is 9.87. The first kappa shape index (κ1) is 19.2. The lowest BCUT2D eigenvalue weighted by Crippen LogP contribution is -2.38. The number of Topliss-reactive ketones (excluding diaryl/α,β-unsaturated/α-hetero) is 1. The summed E-state index contributed by atoms with van der Waals surface area (Å²) >= 11 is 0. The van der Waals surface area contributed by atoms with Crippen molar-refractivity contribution in [2.24, 2.45) is 5.41 Å². The molecule has 2 aromatic carbocycles. The molecule has 0 saturated carbocycles. The van der Waals surface area contributed by atoms with E-state index in [1.54, 1.807) is 18.9 Å². The number of hydrogen-bond acceptors (Lipinski definition) is 4. The molecule has 5 heteroatoms. The molecule has 0 saturated heterocycles. The third-order valence-corrected chi connectivity index (χ3v) is 5.67. The molecule has 29 heavy (non-hydrogen) atoms. The largest absolute Gasteiger partial charge is 0.496 e. The first-order valence-corrected chi connectivity index (χ1v) is 9.87. The number of nitrogens with zero attached hydrogens (tertiary/aromatic N) is 1. The Balaban J connectivity index is 2.04. The quantitative estimate of drug-likeness (QED) is 0.796. The Labute approximate surface area is 171 Å². The van der Waals surface area contributed by atoms with Gasteiger partial charge in [0.1, 0.15) is 5.75 Å². The van der Waals surface area contributed by atoms with Crippen molar-refractivity contribution in [2.45, 2.75) is 39.7 Å². The maximum Gasteiger partial charge on any atom is 0.224 e. The Hall–Kier alpha value is -3.08. The van der Waals surface area contributed by atoms with E-state index in [2.05, 4.69) is 19.2 Å². The zero-order valence-corrected chi connectivity index (χ0v) is 17.3. The van der Waals surface area contributed by atoms with Crippen LogP contribution in [-0.4, -0.2) is 18.8 Å². The van der Waals surface area contributed by atoms with E-state index in [1.165, 1.54) is 0 Å². The van der Waals surface area contributed by atoms with Crippen LogP contribution in [0.5, 0.6) is 5.75 Å². The van der Waals surface area contributed by atoms with E-state index in [-0.39, 0.29) is 17.1 Å². The molecular weight excluding hydrogens is 364 g/mol. The SMILES string of the molecule is COc1ccccc1[C@H]1C2=C(CC(C)(C)CC2=O)Nc2ccccc2N1C(C)=O. The number of hydrogen-bond donors (Lipinski definition) is 1. The van der Waals surface area contributed by atoms with Gasteiger partial charge >= 0.3 is 0 Å². The average molecular weight is 390 g/mol. The van der Waals surface area contributed by atoms with Gasteiger partial charge in [-0.05, 0) is 30.0 Å². The lowest BCUT2D eigenvalue weighted by atomic mass is 9.73. The number of carbonyl (C=O) groups is 2. The summed E-state index contributed by atoms with van der Waals surface area (Å²) in [7, 11) is 1.61. The molecule has 0 unspecified atom stereocenters. The van der Waals surface area contributed by atoms with Gasteiger partial charge in [0.15, 0.2) is 5.78 Å². The number of allylic oxidation sites excluding steroid dienone is 1. The molecule has 0 aromatic heterocycles. The number of rotatable bonds is 2. The summed E-state index contributed by atoms with van der Waals surface area (Å²) in [5.41, 5.74) is 3.80. The van der Waals surface area contributed by atoms with E-state index in [1.807, 2.05) is 48.5 Å². The van der Waals surface area contributed by atoms with Gasteiger partial charge < -0.3 is 10.1 Å². The smallest absolute Gasteiger partial charge is 0.224 e. The lowest BCUT2D eigenvalue weighted by Gasteiger charge is -2.37. The fraction of sp³-hybridized carbons (Fsp3) is 0.333. The maximum atomic E-state index is 13.4. The van der Waals surface area contributed by atoms with Gasteiger partial charge in [-0.1, -0.05) is 44.2 Å². The van der Waals surface area contributed by atoms with Crippen molar-refractivity contribution < 1.29 is 14.3 Å². The molecule has 0 spiro atoms. The van der Waals surface area contributed by atoms with E-state index < -0.39 is 6.04 Å². The van der Waals surface area contributed by atoms with Gasteiger partial charge in [0.05, 0.1) is 24.5 Å². The van der Waals surface area contributed by atoms with Crippen molar-refractivity contribution in [3.63, 3.8) is 0 Å². The number of anilines is 2. The molecule has 1 aliphatic carbocycles. The third-order valence-electron chi connectivity index (χ3n) is 5.67. The van der Waals surface area contributed by atoms with Crippen LogP contribution in [-0.2, 0) is 9.59 Å². The second-order valence-corrected chi connectivity index (χ2v) is 8.51. The number of ether oxygens (including phenoxy) is 1. The number of carbonyl (C=O) groups excluding carboxylic acids is 2. The van der Waals surface area contributed by atoms with Crippen molar-refractivity contribution in [1.82, 2.24) is 0 Å². The van der Waals surface area contributed by atoms with Gasteiger partial charge in [-0.2, -0.15) is 0 Å². The Morgan fingerprint density at radius 3 is 2.52 bits per heavy atom. The van der Waals surface area contributed by atoms with Crippen LogP contribution in [0, 0.1) is 5.41 Å². The Morgan fingerprint density at radius 2 is 1.79 bits per heavy atom. The molecule has 1 heterocycles. The Bertz CT molecular complexity index is 1020. The summed E-state index contributed by atoms with van der Waals surface area (Å²) in [6.45, 7) is 5.75. The Morgan fingerprint density at radius 1 is 1.10 bits per heavy atom. The van der Waals surface area contributed by atoms with Crippen LogP contribution in [0.25, 0.3) is 0 Å². The normalized spacial score (nSPS) is 20.3. The standard InChI is InChI=1S/C24H26N2O3/c1-15(27)26-19-11-7-6-10-17(19)25-18-13-24(2,3)14-20(28)22(18)23(26)16-9-5-8-12-21(16)29-4/h5-12,23,25H,13-14H2,1-4H3/t23-/m0/s1. The number of para-hydroxylation sites is 3. The van der Waals surface area contributed by atoms with Crippen molar-refractivity contribution >= 4 is 23.1 Å². The molecule has 150 valence electrons. The first-order chi connectivity index (χ1) is 13.8. The van der Waals surface area contributed by atoms with Crippen molar-refractivity contribution in [3.8, 4) is 5.75 Å². The van der Waals surface area contributed by atoms with Gasteiger partial charge in [-0.3, -0.25) is 14.5 Å². The summed E-state index contributed by atoms with van der Waals surface area (Å²) < 4.78 is 5.62. The zero-order chi connectivity index (χ0) is 20.8. The summed E-state index contributed by atoms with van der Waals surface area (Å²) in [5.74, 6) is 0.605. The van der Waals surface area contributed by atoms with Gasteiger partial charge in [0.25, 0.3) is 0 Å². The molecule has 0 bridgehead atoms. The van der Waals surface area contributed by atoms with Crippen molar-refractivity contribution in [1.29, 1.82) is 0 Å². The summed E-state index contributed by atoms with van der Waals surface area (Å²) in [6.07, 6.45) is 1.18. The minimum Gasteiger partial charge on any atom is -0.496 e. The summed E-state index contributed by atoms with van der Waals surface area (Å²) in [6, 6.07) is 14.8. The van der Waals surface area contributed by atoms with Crippen LogP contribution in [0.2, 0.25) is 0 Å². The van der Waals surface area contributed by atoms with E-state index in [4.69, 9.17) is 4.74 Å². The molecule has 1 N–H and O–H groups in total. The number of ketones is 1. The molecule has 2 aromatic rings. The van der Waals surface area contributed by atoms with E-state index >= 15 is 0 Å². The maximum absolute atomic E-state index is 13.4. The van der Waals surface area contributed by atoms with Gasteiger partial charge in [-0.15, -0.1) is 0 Å². The third kappa shape index (κ3) is 3.31. The fourth-order valence-corrected chi connectivity index (χ4v) is 4.52. The number of methoxy groups -OCH3 is 1. The van der Waals surface area contributed by atoms with Crippen molar-refractivity contribution in [2.75, 3.05) is 17.3 Å². The van der Waals surface area contributed by atoms with Gasteiger partial charge in [-0.25, -0.2) is 0 Å². The summed E-state index contributed by atoms with van der Waals surface area (Å²) in [5, 5.41) is 3.49. The second-order valence-electron chi connectivity index (χ2n) is 8.51. The topological polar surface area (TPSA) is 58.6 Å². The molecular formula is C24H26N2O3. The van der Waals surface area contributed by atoms with Crippen molar-refractivity contribution in [3.05, 3.63) is 65.4 Å². The molecule has 4 rings (SSSR count). The highest BCUT2D eigenvalue weighted by Crippen LogP contribution is 2.49. The van der Waals surface area contributed by atoms with Crippen LogP contribution >= 0.6 is 0 Å². The minimum absolute atomic E-state index is 0.0683. The molecule has 5 nitrogen and oxygen atoms in total. The summed E-state index contributed by atoms with van der Waals surface area (Å²) in [4.78, 5) is 28.1. The van der Waals surface area contributed by atoms with Crippen LogP contribution in [0.4, 0.5) is 11.4 Å². The van der Waals surface area contributed by atoms with E-state index in [9.17, 15) is 9.59 Å². The van der Waals surface area contributed by atoms with Crippen LogP contribution in [0.3, 0.4) is 0 Å². The highest BCUT2D eigenvalue weighted by molar-refractivity contribution is 6.06. The average Bonchev–Trinajstić information content (AvgIpc) is 2.81. The predicted octanol–water partition coefficient (Wildman–Crippen LogP) is 4.86. The zero-order valence-electron chi connectivity index (χ0n) is 17.3. The highest BCUT2D eigenvalue weighted by Gasteiger charge is 2.43. The Kier molecular flexibility index (Phi) is 4.69. The highest BCUT2D eigenvalue weighted by atomic mass is 16.5. The van der Waals surface area contributed by atoms with Crippen LogP contribution < -0.4 is 15.0 Å². The molecule has 1 atom stereocenters.